The van der Waals surface area contributed by atoms with Gasteiger partial charge in [-0.25, -0.2) is 0 Å². The Morgan fingerprint density at radius 2 is 2.39 bits per heavy atom. The van der Waals surface area contributed by atoms with Crippen molar-refractivity contribution in [3.8, 4) is 6.07 Å². The number of amides is 1. The van der Waals surface area contributed by atoms with E-state index in [9.17, 15) is 9.59 Å². The van der Waals surface area contributed by atoms with Crippen molar-refractivity contribution < 1.29 is 14.3 Å². The van der Waals surface area contributed by atoms with Crippen LogP contribution in [0.15, 0.2) is 11.4 Å². The summed E-state index contributed by atoms with van der Waals surface area (Å²) in [7, 11) is 0. The second-order valence-electron chi connectivity index (χ2n) is 5.47. The molecule has 0 saturated carbocycles. The third-order valence-electron chi connectivity index (χ3n) is 3.82. The predicted molar refractivity (Wildman–Crippen MR) is 88.1 cm³/mol. The third kappa shape index (κ3) is 5.05. The first kappa shape index (κ1) is 17.4. The molecule has 6 nitrogen and oxygen atoms in total. The number of nitriles is 1. The van der Waals surface area contributed by atoms with Crippen LogP contribution < -0.4 is 5.32 Å². The van der Waals surface area contributed by atoms with Crippen LogP contribution in [0, 0.1) is 17.2 Å². The van der Waals surface area contributed by atoms with Gasteiger partial charge in [-0.2, -0.15) is 5.26 Å². The zero-order valence-electron chi connectivity index (χ0n) is 13.2. The van der Waals surface area contributed by atoms with Crippen molar-refractivity contribution in [2.45, 2.75) is 26.2 Å². The summed E-state index contributed by atoms with van der Waals surface area (Å²) in [6.45, 7) is 4.36. The second kappa shape index (κ2) is 8.65. The van der Waals surface area contributed by atoms with E-state index in [1.54, 1.807) is 11.4 Å². The Bertz CT molecular complexity index is 594. The first-order valence-electron chi connectivity index (χ1n) is 7.80. The summed E-state index contributed by atoms with van der Waals surface area (Å²) in [4.78, 5) is 25.9. The molecular formula is C16H21N3O3S. The van der Waals surface area contributed by atoms with Crippen LogP contribution in [0.1, 0.15) is 31.7 Å². The number of hydrogen-bond donors (Lipinski definition) is 1. The Morgan fingerprint density at radius 3 is 3.13 bits per heavy atom. The van der Waals surface area contributed by atoms with Crippen molar-refractivity contribution in [2.75, 3.05) is 31.6 Å². The van der Waals surface area contributed by atoms with E-state index in [-0.39, 0.29) is 17.8 Å². The largest absolute Gasteiger partial charge is 0.466 e. The Balaban J connectivity index is 1.78. The molecule has 23 heavy (non-hydrogen) atoms. The quantitative estimate of drug-likeness (QED) is 0.806. The molecule has 1 aromatic rings. The van der Waals surface area contributed by atoms with Crippen LogP contribution in [0.3, 0.4) is 0 Å². The van der Waals surface area contributed by atoms with E-state index in [0.717, 1.165) is 19.4 Å². The molecule has 1 fully saturated rings. The number of rotatable bonds is 6. The summed E-state index contributed by atoms with van der Waals surface area (Å²) in [5, 5.41) is 14.1. The number of nitrogens with one attached hydrogen (secondary N) is 1. The first-order chi connectivity index (χ1) is 11.1. The topological polar surface area (TPSA) is 82.4 Å². The molecule has 0 aromatic carbocycles. The van der Waals surface area contributed by atoms with Crippen molar-refractivity contribution >= 4 is 28.2 Å². The van der Waals surface area contributed by atoms with Gasteiger partial charge in [0.1, 0.15) is 11.1 Å². The van der Waals surface area contributed by atoms with Crippen LogP contribution in [0.2, 0.25) is 0 Å². The molecule has 1 atom stereocenters. The molecule has 2 heterocycles. The van der Waals surface area contributed by atoms with E-state index in [0.29, 0.717) is 36.7 Å². The number of esters is 1. The lowest BCUT2D eigenvalue weighted by molar-refractivity contribution is -0.149. The fourth-order valence-electron chi connectivity index (χ4n) is 2.65. The number of carbonyl (C=O) groups is 2. The van der Waals surface area contributed by atoms with Crippen molar-refractivity contribution in [2.24, 2.45) is 5.92 Å². The highest BCUT2D eigenvalue weighted by molar-refractivity contribution is 7.14. The number of thiophene rings is 1. The Labute approximate surface area is 140 Å². The molecule has 0 radical (unpaired) electrons. The van der Waals surface area contributed by atoms with Crippen molar-refractivity contribution in [3.63, 3.8) is 0 Å². The molecule has 1 aliphatic rings. The van der Waals surface area contributed by atoms with Gasteiger partial charge >= 0.3 is 5.97 Å². The second-order valence-corrected chi connectivity index (χ2v) is 6.38. The minimum absolute atomic E-state index is 0.0887. The van der Waals surface area contributed by atoms with Gasteiger partial charge < -0.3 is 15.0 Å². The highest BCUT2D eigenvalue weighted by Crippen LogP contribution is 2.22. The number of hydrogen-bond acceptors (Lipinski definition) is 6. The van der Waals surface area contributed by atoms with Gasteiger partial charge in [0, 0.05) is 19.5 Å². The van der Waals surface area contributed by atoms with Crippen molar-refractivity contribution in [3.05, 3.63) is 17.0 Å². The molecule has 1 aromatic heterocycles. The average Bonchev–Trinajstić information content (AvgIpc) is 3.00. The van der Waals surface area contributed by atoms with Crippen molar-refractivity contribution in [1.29, 1.82) is 5.26 Å². The maximum absolute atomic E-state index is 12.0. The Hall–Kier alpha value is -1.91. The Kier molecular flexibility index (Phi) is 6.56. The summed E-state index contributed by atoms with van der Waals surface area (Å²) in [6.07, 6.45) is 2.13. The fourth-order valence-corrected chi connectivity index (χ4v) is 3.41. The molecule has 1 saturated heterocycles. The average molecular weight is 335 g/mol. The van der Waals surface area contributed by atoms with Gasteiger partial charge in [0.25, 0.3) is 0 Å². The molecule has 0 spiro atoms. The van der Waals surface area contributed by atoms with Gasteiger partial charge in [-0.3, -0.25) is 9.59 Å². The number of ether oxygens (including phenoxy) is 1. The van der Waals surface area contributed by atoms with E-state index >= 15 is 0 Å². The zero-order chi connectivity index (χ0) is 16.7. The SMILES string of the molecule is CCOC(=O)[C@@H]1CCCN(CCC(=O)Nc2sccc2C#N)C1. The van der Waals surface area contributed by atoms with Gasteiger partial charge in [0.15, 0.2) is 0 Å². The normalized spacial score (nSPS) is 18.2. The molecule has 0 aliphatic carbocycles. The number of anilines is 1. The summed E-state index contributed by atoms with van der Waals surface area (Å²) in [5.41, 5.74) is 0.490. The molecule has 1 amide bonds. The van der Waals surface area contributed by atoms with E-state index in [4.69, 9.17) is 10.00 Å². The lowest BCUT2D eigenvalue weighted by atomic mass is 9.98. The monoisotopic (exact) mass is 335 g/mol. The van der Waals surface area contributed by atoms with Crippen LogP contribution in [-0.4, -0.2) is 43.0 Å². The minimum atomic E-state index is -0.140. The van der Waals surface area contributed by atoms with Crippen LogP contribution >= 0.6 is 11.3 Å². The molecule has 7 heteroatoms. The number of piperidine rings is 1. The van der Waals surface area contributed by atoms with Crippen LogP contribution in [0.25, 0.3) is 0 Å². The molecule has 124 valence electrons. The van der Waals surface area contributed by atoms with E-state index < -0.39 is 0 Å². The smallest absolute Gasteiger partial charge is 0.310 e. The van der Waals surface area contributed by atoms with Crippen LogP contribution in [0.5, 0.6) is 0 Å². The van der Waals surface area contributed by atoms with Crippen molar-refractivity contribution in [1.82, 2.24) is 4.90 Å². The molecule has 0 bridgehead atoms. The van der Waals surface area contributed by atoms with Gasteiger partial charge in [0.05, 0.1) is 18.1 Å². The number of carbonyl (C=O) groups excluding carboxylic acids is 2. The van der Waals surface area contributed by atoms with Gasteiger partial charge in [-0.15, -0.1) is 11.3 Å². The highest BCUT2D eigenvalue weighted by Gasteiger charge is 2.26. The molecule has 0 unspecified atom stereocenters. The molecule has 1 aliphatic heterocycles. The van der Waals surface area contributed by atoms with Gasteiger partial charge in [0.2, 0.25) is 5.91 Å². The van der Waals surface area contributed by atoms with Crippen LogP contribution in [-0.2, 0) is 14.3 Å². The molecular weight excluding hydrogens is 314 g/mol. The van der Waals surface area contributed by atoms with Crippen LogP contribution in [0.4, 0.5) is 5.00 Å². The predicted octanol–water partition coefficient (Wildman–Crippen LogP) is 2.22. The summed E-state index contributed by atoms with van der Waals surface area (Å²) < 4.78 is 5.08. The summed E-state index contributed by atoms with van der Waals surface area (Å²) in [5.74, 6) is -0.338. The maximum Gasteiger partial charge on any atom is 0.310 e. The van der Waals surface area contributed by atoms with E-state index in [1.807, 2.05) is 6.92 Å². The molecule has 2 rings (SSSR count). The highest BCUT2D eigenvalue weighted by atomic mass is 32.1. The summed E-state index contributed by atoms with van der Waals surface area (Å²) >= 11 is 1.34. The lowest BCUT2D eigenvalue weighted by Crippen LogP contribution is -2.40. The standard InChI is InChI=1S/C16H21N3O3S/c1-2-22-16(21)13-4-3-7-19(11-13)8-5-14(20)18-15-12(10-17)6-9-23-15/h6,9,13H,2-5,7-8,11H2,1H3,(H,18,20)/t13-/m1/s1. The summed E-state index contributed by atoms with van der Waals surface area (Å²) in [6, 6.07) is 3.74. The van der Waals surface area contributed by atoms with Gasteiger partial charge in [-0.05, 0) is 37.8 Å². The zero-order valence-corrected chi connectivity index (χ0v) is 14.0. The lowest BCUT2D eigenvalue weighted by Gasteiger charge is -2.31. The minimum Gasteiger partial charge on any atom is -0.466 e. The third-order valence-corrected chi connectivity index (χ3v) is 4.65. The number of nitrogens with zero attached hydrogens (tertiary/aromatic N) is 2. The maximum atomic E-state index is 12.0. The Morgan fingerprint density at radius 1 is 1.57 bits per heavy atom. The van der Waals surface area contributed by atoms with E-state index in [2.05, 4.69) is 16.3 Å². The first-order valence-corrected chi connectivity index (χ1v) is 8.68. The number of likely N-dealkylation sites (tertiary alicyclic amines) is 1. The molecule has 1 N–H and O–H groups in total. The van der Waals surface area contributed by atoms with E-state index in [1.165, 1.54) is 11.3 Å². The van der Waals surface area contributed by atoms with Gasteiger partial charge in [-0.1, -0.05) is 0 Å². The fraction of sp³-hybridized carbons (Fsp3) is 0.562.